The topological polar surface area (TPSA) is 50.8 Å². The van der Waals surface area contributed by atoms with Gasteiger partial charge in [-0.15, -0.1) is 11.3 Å². The second-order valence-corrected chi connectivity index (χ2v) is 7.53. The minimum atomic E-state index is -0.281. The largest absolute Gasteiger partial charge is 0.492 e. The van der Waals surface area contributed by atoms with Crippen LogP contribution in [-0.4, -0.2) is 50.3 Å². The predicted molar refractivity (Wildman–Crippen MR) is 102 cm³/mol. The van der Waals surface area contributed by atoms with E-state index >= 15 is 0 Å². The fraction of sp³-hybridized carbons (Fsp3) is 0.389. The lowest BCUT2D eigenvalue weighted by Crippen LogP contribution is -2.46. The maximum atomic E-state index is 12.8. The second-order valence-electron chi connectivity index (χ2n) is 5.67. The SMILES string of the molecule is O=C(NCCOc1ccccc1)[C@@H](c1cc(Br)cs1)N1CCOCC1. The molecule has 0 bridgehead atoms. The van der Waals surface area contributed by atoms with E-state index in [1.807, 2.05) is 41.8 Å². The van der Waals surface area contributed by atoms with E-state index in [2.05, 4.69) is 26.1 Å². The number of carbonyl (C=O) groups is 1. The molecule has 0 spiro atoms. The van der Waals surface area contributed by atoms with Gasteiger partial charge in [0.05, 0.1) is 19.8 Å². The molecule has 1 fully saturated rings. The molecule has 1 aliphatic rings. The Balaban J connectivity index is 1.57. The van der Waals surface area contributed by atoms with Crippen molar-refractivity contribution in [3.05, 3.63) is 51.1 Å². The van der Waals surface area contributed by atoms with E-state index in [9.17, 15) is 4.79 Å². The molecular weight excluding hydrogens is 404 g/mol. The summed E-state index contributed by atoms with van der Waals surface area (Å²) in [5.74, 6) is 0.816. The number of ether oxygens (including phenoxy) is 2. The molecule has 1 aliphatic heterocycles. The minimum absolute atomic E-state index is 0.00733. The summed E-state index contributed by atoms with van der Waals surface area (Å²) >= 11 is 5.07. The van der Waals surface area contributed by atoms with Crippen molar-refractivity contribution in [2.75, 3.05) is 39.5 Å². The highest BCUT2D eigenvalue weighted by molar-refractivity contribution is 9.10. The number of rotatable bonds is 7. The van der Waals surface area contributed by atoms with Gasteiger partial charge in [0.1, 0.15) is 18.4 Å². The number of thiophene rings is 1. The molecule has 1 N–H and O–H groups in total. The van der Waals surface area contributed by atoms with E-state index in [4.69, 9.17) is 9.47 Å². The quantitative estimate of drug-likeness (QED) is 0.693. The molecule has 5 nitrogen and oxygen atoms in total. The molecule has 1 aromatic carbocycles. The van der Waals surface area contributed by atoms with Crippen LogP contribution in [0.3, 0.4) is 0 Å². The molecular formula is C18H21BrN2O3S. The van der Waals surface area contributed by atoms with Crippen molar-refractivity contribution in [2.24, 2.45) is 0 Å². The first kappa shape index (κ1) is 18.4. The Morgan fingerprint density at radius 1 is 1.32 bits per heavy atom. The summed E-state index contributed by atoms with van der Waals surface area (Å²) in [7, 11) is 0. The Kier molecular flexibility index (Phi) is 6.86. The molecule has 25 heavy (non-hydrogen) atoms. The van der Waals surface area contributed by atoms with E-state index in [1.54, 1.807) is 11.3 Å². The molecule has 134 valence electrons. The Hall–Kier alpha value is -1.41. The van der Waals surface area contributed by atoms with E-state index in [0.29, 0.717) is 26.4 Å². The molecule has 7 heteroatoms. The van der Waals surface area contributed by atoms with Crippen LogP contribution < -0.4 is 10.1 Å². The lowest BCUT2D eigenvalue weighted by atomic mass is 10.1. The molecule has 0 unspecified atom stereocenters. The van der Waals surface area contributed by atoms with Crippen molar-refractivity contribution in [1.29, 1.82) is 0 Å². The van der Waals surface area contributed by atoms with Crippen molar-refractivity contribution in [2.45, 2.75) is 6.04 Å². The van der Waals surface area contributed by atoms with Gasteiger partial charge < -0.3 is 14.8 Å². The lowest BCUT2D eigenvalue weighted by molar-refractivity contribution is -0.128. The molecule has 0 aliphatic carbocycles. The van der Waals surface area contributed by atoms with Crippen LogP contribution in [0.5, 0.6) is 5.75 Å². The second kappa shape index (κ2) is 9.33. The van der Waals surface area contributed by atoms with Gasteiger partial charge in [-0.3, -0.25) is 9.69 Å². The Morgan fingerprint density at radius 3 is 2.76 bits per heavy atom. The van der Waals surface area contributed by atoms with Crippen LogP contribution in [0.1, 0.15) is 10.9 Å². The number of hydrogen-bond acceptors (Lipinski definition) is 5. The van der Waals surface area contributed by atoms with Gasteiger partial charge in [0.2, 0.25) is 5.91 Å². The number of amides is 1. The molecule has 0 saturated carbocycles. The van der Waals surface area contributed by atoms with Crippen LogP contribution in [0, 0.1) is 0 Å². The summed E-state index contributed by atoms with van der Waals surface area (Å²) in [4.78, 5) is 16.0. The van der Waals surface area contributed by atoms with Crippen molar-refractivity contribution < 1.29 is 14.3 Å². The van der Waals surface area contributed by atoms with Crippen molar-refractivity contribution in [1.82, 2.24) is 10.2 Å². The predicted octanol–water partition coefficient (Wildman–Crippen LogP) is 3.08. The van der Waals surface area contributed by atoms with Crippen LogP contribution in [0.25, 0.3) is 0 Å². The summed E-state index contributed by atoms with van der Waals surface area (Å²) in [6, 6.07) is 11.3. The molecule has 0 radical (unpaired) electrons. The summed E-state index contributed by atoms with van der Waals surface area (Å²) in [5, 5.41) is 5.01. The highest BCUT2D eigenvalue weighted by Crippen LogP contribution is 2.30. The highest BCUT2D eigenvalue weighted by atomic mass is 79.9. The van der Waals surface area contributed by atoms with E-state index in [0.717, 1.165) is 28.2 Å². The smallest absolute Gasteiger partial charge is 0.242 e. The monoisotopic (exact) mass is 424 g/mol. The zero-order valence-electron chi connectivity index (χ0n) is 13.8. The number of hydrogen-bond donors (Lipinski definition) is 1. The number of carbonyl (C=O) groups excluding carboxylic acids is 1. The van der Waals surface area contributed by atoms with Crippen LogP contribution >= 0.6 is 27.3 Å². The fourth-order valence-electron chi connectivity index (χ4n) is 2.74. The first-order valence-corrected chi connectivity index (χ1v) is 9.92. The van der Waals surface area contributed by atoms with E-state index in [-0.39, 0.29) is 11.9 Å². The van der Waals surface area contributed by atoms with Gasteiger partial charge in [-0.25, -0.2) is 0 Å². The average molecular weight is 425 g/mol. The van der Waals surface area contributed by atoms with Crippen LogP contribution in [0.2, 0.25) is 0 Å². The first-order valence-electron chi connectivity index (χ1n) is 8.25. The summed E-state index contributed by atoms with van der Waals surface area (Å²) < 4.78 is 12.1. The molecule has 1 saturated heterocycles. The third-order valence-corrected chi connectivity index (χ3v) is 5.68. The molecule has 1 aromatic heterocycles. The van der Waals surface area contributed by atoms with Crippen LogP contribution in [0.15, 0.2) is 46.3 Å². The number of nitrogens with zero attached hydrogens (tertiary/aromatic N) is 1. The number of halogens is 1. The summed E-state index contributed by atoms with van der Waals surface area (Å²) in [5.41, 5.74) is 0. The highest BCUT2D eigenvalue weighted by Gasteiger charge is 2.30. The number of benzene rings is 1. The van der Waals surface area contributed by atoms with Gasteiger partial charge in [-0.05, 0) is 34.1 Å². The van der Waals surface area contributed by atoms with Crippen molar-refractivity contribution >= 4 is 33.2 Å². The Bertz CT molecular complexity index is 674. The third kappa shape index (κ3) is 5.28. The van der Waals surface area contributed by atoms with Gasteiger partial charge in [-0.1, -0.05) is 18.2 Å². The van der Waals surface area contributed by atoms with E-state index < -0.39 is 0 Å². The first-order chi connectivity index (χ1) is 12.2. The maximum Gasteiger partial charge on any atom is 0.242 e. The molecule has 3 rings (SSSR count). The summed E-state index contributed by atoms with van der Waals surface area (Å²) in [6.07, 6.45) is 0. The van der Waals surface area contributed by atoms with Crippen LogP contribution in [-0.2, 0) is 9.53 Å². The Morgan fingerprint density at radius 2 is 2.08 bits per heavy atom. The fourth-order valence-corrected chi connectivity index (χ4v) is 4.31. The van der Waals surface area contributed by atoms with Crippen molar-refractivity contribution in [3.8, 4) is 5.75 Å². The van der Waals surface area contributed by atoms with Gasteiger partial charge >= 0.3 is 0 Å². The third-order valence-electron chi connectivity index (χ3n) is 3.93. The van der Waals surface area contributed by atoms with Gasteiger partial charge in [0.15, 0.2) is 0 Å². The minimum Gasteiger partial charge on any atom is -0.492 e. The van der Waals surface area contributed by atoms with Gasteiger partial charge in [-0.2, -0.15) is 0 Å². The zero-order chi connectivity index (χ0) is 17.5. The lowest BCUT2D eigenvalue weighted by Gasteiger charge is -2.33. The van der Waals surface area contributed by atoms with Crippen LogP contribution in [0.4, 0.5) is 0 Å². The zero-order valence-corrected chi connectivity index (χ0v) is 16.2. The molecule has 1 amide bonds. The Labute approximate surface area is 160 Å². The van der Waals surface area contributed by atoms with Gasteiger partial charge in [0, 0.05) is 27.8 Å². The average Bonchev–Trinajstić information content (AvgIpc) is 3.07. The molecule has 2 heterocycles. The standard InChI is InChI=1S/C18H21BrN2O3S/c19-14-12-16(25-13-14)17(21-7-10-23-11-8-21)18(22)20-6-9-24-15-4-2-1-3-5-15/h1-5,12-13,17H,6-11H2,(H,20,22)/t17-/m1/s1. The maximum absolute atomic E-state index is 12.8. The summed E-state index contributed by atoms with van der Waals surface area (Å²) in [6.45, 7) is 3.75. The number of nitrogens with one attached hydrogen (secondary N) is 1. The van der Waals surface area contributed by atoms with E-state index in [1.165, 1.54) is 0 Å². The normalized spacial score (nSPS) is 16.4. The number of para-hydroxylation sites is 1. The number of morpholine rings is 1. The molecule has 1 atom stereocenters. The van der Waals surface area contributed by atoms with Crippen molar-refractivity contribution in [3.63, 3.8) is 0 Å². The van der Waals surface area contributed by atoms with Gasteiger partial charge in [0.25, 0.3) is 0 Å². The molecule has 2 aromatic rings.